The summed E-state index contributed by atoms with van der Waals surface area (Å²) in [5.74, 6) is 0.774. The predicted molar refractivity (Wildman–Crippen MR) is 118 cm³/mol. The van der Waals surface area contributed by atoms with Crippen molar-refractivity contribution in [3.05, 3.63) is 84.6 Å². The minimum Gasteiger partial charge on any atom is -0.236 e. The maximum absolute atomic E-state index is 4.74. The van der Waals surface area contributed by atoms with E-state index in [4.69, 9.17) is 4.98 Å². The van der Waals surface area contributed by atoms with Crippen molar-refractivity contribution in [2.75, 3.05) is 0 Å². The molecule has 1 heterocycles. The van der Waals surface area contributed by atoms with Crippen LogP contribution in [0.2, 0.25) is 0 Å². The number of unbranched alkanes of at least 4 members (excludes halogenated alkanes) is 3. The van der Waals surface area contributed by atoms with Gasteiger partial charge in [0.05, 0.1) is 5.52 Å². The molecule has 4 rings (SSSR count). The Balaban J connectivity index is 1.59. The first kappa shape index (κ1) is 18.4. The summed E-state index contributed by atoms with van der Waals surface area (Å²) < 4.78 is 0. The van der Waals surface area contributed by atoms with Crippen molar-refractivity contribution < 1.29 is 0 Å². The van der Waals surface area contributed by atoms with Gasteiger partial charge in [-0.1, -0.05) is 86.8 Å². The number of aryl methyl sites for hydroxylation is 1. The van der Waals surface area contributed by atoms with Gasteiger partial charge in [-0.3, -0.25) is 0 Å². The molecule has 0 spiro atoms. The molecule has 0 fully saturated rings. The molecule has 0 saturated heterocycles. The molecule has 2 nitrogen and oxygen atoms in total. The van der Waals surface area contributed by atoms with Gasteiger partial charge in [0.15, 0.2) is 5.82 Å². The lowest BCUT2D eigenvalue weighted by Gasteiger charge is -2.08. The first-order valence-electron chi connectivity index (χ1n) is 10.2. The highest BCUT2D eigenvalue weighted by Gasteiger charge is 2.06. The zero-order chi connectivity index (χ0) is 19.2. The number of benzene rings is 3. The van der Waals surface area contributed by atoms with Gasteiger partial charge in [0.1, 0.15) is 0 Å². The number of hydrogen-bond donors (Lipinski definition) is 0. The lowest BCUT2D eigenvalue weighted by atomic mass is 9.98. The predicted octanol–water partition coefficient (Wildman–Crippen LogP) is 7.09. The van der Waals surface area contributed by atoms with Crippen molar-refractivity contribution in [3.8, 4) is 22.5 Å². The molecule has 0 saturated carbocycles. The molecule has 2 heteroatoms. The molecule has 0 aliphatic carbocycles. The van der Waals surface area contributed by atoms with Gasteiger partial charge in [0, 0.05) is 17.1 Å². The average Bonchev–Trinajstić information content (AvgIpc) is 2.77. The van der Waals surface area contributed by atoms with Gasteiger partial charge in [0.25, 0.3) is 0 Å². The van der Waals surface area contributed by atoms with Crippen molar-refractivity contribution in [2.45, 2.75) is 39.0 Å². The molecule has 3 aromatic carbocycles. The Morgan fingerprint density at radius 2 is 1.50 bits per heavy atom. The van der Waals surface area contributed by atoms with Gasteiger partial charge < -0.3 is 0 Å². The summed E-state index contributed by atoms with van der Waals surface area (Å²) in [4.78, 5) is 9.32. The van der Waals surface area contributed by atoms with Crippen LogP contribution in [0.15, 0.2) is 79.0 Å². The molecule has 0 aliphatic heterocycles. The van der Waals surface area contributed by atoms with E-state index in [0.29, 0.717) is 0 Å². The Kier molecular flexibility index (Phi) is 5.77. The monoisotopic (exact) mass is 366 g/mol. The zero-order valence-corrected chi connectivity index (χ0v) is 16.4. The summed E-state index contributed by atoms with van der Waals surface area (Å²) in [6, 6.07) is 25.6. The third-order valence-electron chi connectivity index (χ3n) is 5.19. The molecule has 1 aromatic heterocycles. The van der Waals surface area contributed by atoms with Gasteiger partial charge in [0.2, 0.25) is 0 Å². The number of hydrogen-bond acceptors (Lipinski definition) is 2. The van der Waals surface area contributed by atoms with Crippen LogP contribution in [0.4, 0.5) is 0 Å². The Labute approximate surface area is 167 Å². The standard InChI is InChI=1S/C26H26N2/c1-2-3-4-5-10-20-11-8-13-21(17-20)22-14-9-15-23(18-22)26-27-19-24-12-6-7-16-25(24)28-26/h6-9,11-19H,2-5,10H2,1H3. The maximum Gasteiger partial charge on any atom is 0.159 e. The summed E-state index contributed by atoms with van der Waals surface area (Å²) in [5, 5.41) is 1.07. The fourth-order valence-corrected chi connectivity index (χ4v) is 3.61. The smallest absolute Gasteiger partial charge is 0.159 e. The van der Waals surface area contributed by atoms with Crippen molar-refractivity contribution >= 4 is 10.9 Å². The van der Waals surface area contributed by atoms with E-state index in [0.717, 1.165) is 28.7 Å². The van der Waals surface area contributed by atoms with E-state index >= 15 is 0 Å². The Bertz CT molecular complexity index is 1070. The topological polar surface area (TPSA) is 25.8 Å². The van der Waals surface area contributed by atoms with E-state index in [1.165, 1.54) is 42.4 Å². The average molecular weight is 367 g/mol. The second-order valence-electron chi connectivity index (χ2n) is 7.34. The molecular formula is C26H26N2. The maximum atomic E-state index is 4.74. The van der Waals surface area contributed by atoms with E-state index in [-0.39, 0.29) is 0 Å². The summed E-state index contributed by atoms with van der Waals surface area (Å²) in [7, 11) is 0. The molecule has 0 radical (unpaired) electrons. The van der Waals surface area contributed by atoms with Crippen LogP contribution in [0.25, 0.3) is 33.4 Å². The van der Waals surface area contributed by atoms with Gasteiger partial charge in [-0.05, 0) is 41.7 Å². The summed E-state index contributed by atoms with van der Waals surface area (Å²) in [6.45, 7) is 2.26. The van der Waals surface area contributed by atoms with Gasteiger partial charge in [-0.25, -0.2) is 9.97 Å². The fourth-order valence-electron chi connectivity index (χ4n) is 3.61. The van der Waals surface area contributed by atoms with Crippen LogP contribution in [-0.4, -0.2) is 9.97 Å². The summed E-state index contributed by atoms with van der Waals surface area (Å²) in [5.41, 5.74) is 5.92. The van der Waals surface area contributed by atoms with Crippen LogP contribution in [0.5, 0.6) is 0 Å². The van der Waals surface area contributed by atoms with Gasteiger partial charge in [-0.15, -0.1) is 0 Å². The summed E-state index contributed by atoms with van der Waals surface area (Å²) >= 11 is 0. The highest BCUT2D eigenvalue weighted by atomic mass is 14.9. The van der Waals surface area contributed by atoms with E-state index in [9.17, 15) is 0 Å². The Hall–Kier alpha value is -3.00. The number of fused-ring (bicyclic) bond motifs is 1. The van der Waals surface area contributed by atoms with Crippen LogP contribution < -0.4 is 0 Å². The van der Waals surface area contributed by atoms with Crippen LogP contribution in [0.1, 0.15) is 38.2 Å². The second kappa shape index (κ2) is 8.79. The van der Waals surface area contributed by atoms with Crippen molar-refractivity contribution in [1.82, 2.24) is 9.97 Å². The molecule has 4 aromatic rings. The molecule has 0 bridgehead atoms. The Morgan fingerprint density at radius 3 is 2.39 bits per heavy atom. The molecule has 0 N–H and O–H groups in total. The molecule has 0 atom stereocenters. The highest BCUT2D eigenvalue weighted by Crippen LogP contribution is 2.26. The second-order valence-corrected chi connectivity index (χ2v) is 7.34. The molecule has 28 heavy (non-hydrogen) atoms. The lowest BCUT2D eigenvalue weighted by Crippen LogP contribution is -1.91. The molecule has 0 unspecified atom stereocenters. The van der Waals surface area contributed by atoms with Crippen LogP contribution in [-0.2, 0) is 6.42 Å². The molecular weight excluding hydrogens is 340 g/mol. The highest BCUT2D eigenvalue weighted by molar-refractivity contribution is 5.80. The first-order chi connectivity index (χ1) is 13.8. The van der Waals surface area contributed by atoms with Gasteiger partial charge >= 0.3 is 0 Å². The number of nitrogens with zero attached hydrogens (tertiary/aromatic N) is 2. The third-order valence-corrected chi connectivity index (χ3v) is 5.19. The molecule has 0 amide bonds. The third kappa shape index (κ3) is 4.28. The number of para-hydroxylation sites is 1. The SMILES string of the molecule is CCCCCCc1cccc(-c2cccc(-c3ncc4ccccc4n3)c2)c1. The van der Waals surface area contributed by atoms with Crippen LogP contribution in [0.3, 0.4) is 0 Å². The first-order valence-corrected chi connectivity index (χ1v) is 10.2. The molecule has 140 valence electrons. The number of aromatic nitrogens is 2. The zero-order valence-electron chi connectivity index (χ0n) is 16.4. The quantitative estimate of drug-likeness (QED) is 0.326. The van der Waals surface area contributed by atoms with E-state index in [2.05, 4.69) is 60.4 Å². The lowest BCUT2D eigenvalue weighted by molar-refractivity contribution is 0.667. The Morgan fingerprint density at radius 1 is 0.714 bits per heavy atom. The minimum absolute atomic E-state index is 0.774. The summed E-state index contributed by atoms with van der Waals surface area (Å²) in [6.07, 6.45) is 8.25. The molecule has 0 aliphatic rings. The van der Waals surface area contributed by atoms with E-state index in [1.54, 1.807) is 0 Å². The van der Waals surface area contributed by atoms with E-state index in [1.807, 2.05) is 30.5 Å². The van der Waals surface area contributed by atoms with Crippen molar-refractivity contribution in [1.29, 1.82) is 0 Å². The van der Waals surface area contributed by atoms with Crippen molar-refractivity contribution in [3.63, 3.8) is 0 Å². The largest absolute Gasteiger partial charge is 0.236 e. The minimum atomic E-state index is 0.774. The van der Waals surface area contributed by atoms with Crippen molar-refractivity contribution in [2.24, 2.45) is 0 Å². The normalized spacial score (nSPS) is 11.0. The van der Waals surface area contributed by atoms with E-state index < -0.39 is 0 Å². The van der Waals surface area contributed by atoms with Gasteiger partial charge in [-0.2, -0.15) is 0 Å². The number of rotatable bonds is 7. The fraction of sp³-hybridized carbons (Fsp3) is 0.231. The van der Waals surface area contributed by atoms with Crippen LogP contribution >= 0.6 is 0 Å². The van der Waals surface area contributed by atoms with Crippen LogP contribution in [0, 0.1) is 0 Å².